The molecule has 1 unspecified atom stereocenters. The lowest BCUT2D eigenvalue weighted by atomic mass is 9.99. The van der Waals surface area contributed by atoms with Gasteiger partial charge in [-0.1, -0.05) is 6.92 Å². The molecule has 0 aromatic carbocycles. The summed E-state index contributed by atoms with van der Waals surface area (Å²) >= 11 is 0. The van der Waals surface area contributed by atoms with Crippen molar-refractivity contribution >= 4 is 6.03 Å². The first-order chi connectivity index (χ1) is 7.17. The monoisotopic (exact) mass is 209 g/mol. The minimum atomic E-state index is 0.0146. The Bertz CT molecular complexity index is 251. The van der Waals surface area contributed by atoms with Crippen molar-refractivity contribution in [1.82, 2.24) is 10.2 Å². The van der Waals surface area contributed by atoms with Crippen LogP contribution in [-0.4, -0.2) is 30.1 Å². The molecular weight excluding hydrogens is 190 g/mol. The van der Waals surface area contributed by atoms with E-state index in [0.29, 0.717) is 13.1 Å². The maximum absolute atomic E-state index is 11.7. The molecule has 0 radical (unpaired) electrons. The zero-order chi connectivity index (χ0) is 11.3. The first-order valence-electron chi connectivity index (χ1n) is 5.62. The normalized spacial score (nSPS) is 19.4. The fourth-order valence-electron chi connectivity index (χ4n) is 1.62. The van der Waals surface area contributed by atoms with Gasteiger partial charge in [-0.3, -0.25) is 0 Å². The molecule has 1 saturated heterocycles. The number of carbonyl (C=O) groups is 1. The summed E-state index contributed by atoms with van der Waals surface area (Å²) in [5, 5.41) is 11.7. The van der Waals surface area contributed by atoms with Crippen LogP contribution in [0, 0.1) is 17.2 Å². The molecule has 4 heteroatoms. The molecule has 0 bridgehead atoms. The third-order valence-corrected chi connectivity index (χ3v) is 2.95. The van der Waals surface area contributed by atoms with Gasteiger partial charge in [0.1, 0.15) is 0 Å². The summed E-state index contributed by atoms with van der Waals surface area (Å²) in [6, 6.07) is 2.50. The third-order valence-electron chi connectivity index (χ3n) is 2.95. The Hall–Kier alpha value is -1.24. The van der Waals surface area contributed by atoms with Gasteiger partial charge in [0, 0.05) is 25.0 Å². The number of carbonyl (C=O) groups excluding carboxylic acids is 1. The Morgan fingerprint density at radius 2 is 2.20 bits per heavy atom. The Labute approximate surface area is 91.2 Å². The van der Waals surface area contributed by atoms with Crippen molar-refractivity contribution in [1.29, 1.82) is 5.26 Å². The van der Waals surface area contributed by atoms with E-state index in [1.165, 1.54) is 0 Å². The number of rotatable bonds is 2. The second-order valence-electron chi connectivity index (χ2n) is 4.15. The van der Waals surface area contributed by atoms with Gasteiger partial charge in [0.05, 0.1) is 6.07 Å². The van der Waals surface area contributed by atoms with Gasteiger partial charge in [-0.15, -0.1) is 0 Å². The van der Waals surface area contributed by atoms with Crippen LogP contribution in [0.15, 0.2) is 0 Å². The summed E-state index contributed by atoms with van der Waals surface area (Å²) in [7, 11) is 0. The first kappa shape index (κ1) is 11.8. The van der Waals surface area contributed by atoms with E-state index in [0.717, 1.165) is 19.3 Å². The molecule has 1 atom stereocenters. The van der Waals surface area contributed by atoms with Crippen molar-refractivity contribution in [2.75, 3.05) is 13.1 Å². The number of piperidine rings is 1. The van der Waals surface area contributed by atoms with Gasteiger partial charge in [0.15, 0.2) is 0 Å². The molecule has 1 N–H and O–H groups in total. The van der Waals surface area contributed by atoms with Crippen LogP contribution in [0.5, 0.6) is 0 Å². The number of nitriles is 1. The van der Waals surface area contributed by atoms with E-state index in [1.54, 1.807) is 4.90 Å². The van der Waals surface area contributed by atoms with Crippen LogP contribution in [0.4, 0.5) is 4.79 Å². The van der Waals surface area contributed by atoms with Crippen LogP contribution in [0.3, 0.4) is 0 Å². The quantitative estimate of drug-likeness (QED) is 0.753. The summed E-state index contributed by atoms with van der Waals surface area (Å²) < 4.78 is 0. The van der Waals surface area contributed by atoms with E-state index in [4.69, 9.17) is 5.26 Å². The molecule has 0 aliphatic carbocycles. The second-order valence-corrected chi connectivity index (χ2v) is 4.15. The van der Waals surface area contributed by atoms with Crippen LogP contribution < -0.4 is 5.32 Å². The van der Waals surface area contributed by atoms with Crippen molar-refractivity contribution in [3.8, 4) is 6.07 Å². The van der Waals surface area contributed by atoms with Gasteiger partial charge >= 0.3 is 6.03 Å². The number of nitrogens with one attached hydrogen (secondary N) is 1. The molecule has 2 amide bonds. The average molecular weight is 209 g/mol. The lowest BCUT2D eigenvalue weighted by molar-refractivity contribution is 0.176. The van der Waals surface area contributed by atoms with E-state index in [9.17, 15) is 4.79 Å². The number of urea groups is 1. The second kappa shape index (κ2) is 5.59. The molecule has 4 nitrogen and oxygen atoms in total. The van der Waals surface area contributed by atoms with Gasteiger partial charge in [0.2, 0.25) is 0 Å². The summed E-state index contributed by atoms with van der Waals surface area (Å²) in [5.41, 5.74) is 0. The highest BCUT2D eigenvalue weighted by Gasteiger charge is 2.22. The van der Waals surface area contributed by atoms with E-state index >= 15 is 0 Å². The molecule has 1 fully saturated rings. The molecule has 0 spiro atoms. The van der Waals surface area contributed by atoms with Crippen LogP contribution >= 0.6 is 0 Å². The molecule has 1 heterocycles. The van der Waals surface area contributed by atoms with E-state index in [1.807, 2.05) is 13.8 Å². The largest absolute Gasteiger partial charge is 0.336 e. The summed E-state index contributed by atoms with van der Waals surface area (Å²) in [5.74, 6) is 0.137. The van der Waals surface area contributed by atoms with Gasteiger partial charge < -0.3 is 10.2 Å². The van der Waals surface area contributed by atoms with Gasteiger partial charge in [-0.25, -0.2) is 4.79 Å². The fraction of sp³-hybridized carbons (Fsp3) is 0.818. The average Bonchev–Trinajstić information content (AvgIpc) is 2.29. The summed E-state index contributed by atoms with van der Waals surface area (Å²) in [6.45, 7) is 5.47. The standard InChI is InChI=1S/C11H19N3O/c1-3-9(2)13-11(15)14-6-4-10(8-12)5-7-14/h9-10H,3-7H2,1-2H3,(H,13,15). The maximum Gasteiger partial charge on any atom is 0.317 e. The number of likely N-dealkylation sites (tertiary alicyclic amines) is 1. The van der Waals surface area contributed by atoms with Crippen molar-refractivity contribution in [3.05, 3.63) is 0 Å². The van der Waals surface area contributed by atoms with E-state index < -0.39 is 0 Å². The molecule has 0 aromatic rings. The predicted octanol–water partition coefficient (Wildman–Crippen LogP) is 1.73. The van der Waals surface area contributed by atoms with E-state index in [2.05, 4.69) is 11.4 Å². The van der Waals surface area contributed by atoms with Crippen molar-refractivity contribution in [3.63, 3.8) is 0 Å². The van der Waals surface area contributed by atoms with Gasteiger partial charge in [-0.2, -0.15) is 5.26 Å². The number of hydrogen-bond acceptors (Lipinski definition) is 2. The SMILES string of the molecule is CCC(C)NC(=O)N1CCC(C#N)CC1. The zero-order valence-electron chi connectivity index (χ0n) is 9.49. The fourth-order valence-corrected chi connectivity index (χ4v) is 1.62. The Balaban J connectivity index is 2.34. The van der Waals surface area contributed by atoms with Crippen LogP contribution in [0.1, 0.15) is 33.1 Å². The lowest BCUT2D eigenvalue weighted by Crippen LogP contribution is -2.46. The van der Waals surface area contributed by atoms with Crippen molar-refractivity contribution < 1.29 is 4.79 Å². The van der Waals surface area contributed by atoms with Crippen molar-refractivity contribution in [2.24, 2.45) is 5.92 Å². The number of hydrogen-bond donors (Lipinski definition) is 1. The lowest BCUT2D eigenvalue weighted by Gasteiger charge is -2.30. The Morgan fingerprint density at radius 3 is 2.67 bits per heavy atom. The highest BCUT2D eigenvalue weighted by atomic mass is 16.2. The molecule has 0 saturated carbocycles. The first-order valence-corrected chi connectivity index (χ1v) is 5.62. The molecule has 15 heavy (non-hydrogen) atoms. The van der Waals surface area contributed by atoms with E-state index in [-0.39, 0.29) is 18.0 Å². The van der Waals surface area contributed by atoms with Crippen LogP contribution in [0.25, 0.3) is 0 Å². The Kier molecular flexibility index (Phi) is 4.41. The Morgan fingerprint density at radius 1 is 1.60 bits per heavy atom. The highest BCUT2D eigenvalue weighted by molar-refractivity contribution is 5.74. The predicted molar refractivity (Wildman–Crippen MR) is 58.2 cm³/mol. The van der Waals surface area contributed by atoms with Gasteiger partial charge in [-0.05, 0) is 26.2 Å². The topological polar surface area (TPSA) is 56.1 Å². The smallest absolute Gasteiger partial charge is 0.317 e. The van der Waals surface area contributed by atoms with Crippen LogP contribution in [-0.2, 0) is 0 Å². The third kappa shape index (κ3) is 3.43. The minimum absolute atomic E-state index is 0.0146. The minimum Gasteiger partial charge on any atom is -0.336 e. The molecule has 84 valence electrons. The number of amides is 2. The zero-order valence-corrected chi connectivity index (χ0v) is 9.49. The molecule has 1 aliphatic heterocycles. The van der Waals surface area contributed by atoms with Crippen LogP contribution in [0.2, 0.25) is 0 Å². The molecule has 0 aromatic heterocycles. The summed E-state index contributed by atoms with van der Waals surface area (Å²) in [6.07, 6.45) is 2.56. The van der Waals surface area contributed by atoms with Gasteiger partial charge in [0.25, 0.3) is 0 Å². The molecule has 1 aliphatic rings. The summed E-state index contributed by atoms with van der Waals surface area (Å²) in [4.78, 5) is 13.5. The number of nitrogens with zero attached hydrogens (tertiary/aromatic N) is 2. The van der Waals surface area contributed by atoms with Crippen molar-refractivity contribution in [2.45, 2.75) is 39.2 Å². The maximum atomic E-state index is 11.7. The molecule has 1 rings (SSSR count). The highest BCUT2D eigenvalue weighted by Crippen LogP contribution is 2.15. The molecular formula is C11H19N3O.